The molecule has 0 bridgehead atoms. The lowest BCUT2D eigenvalue weighted by Gasteiger charge is -2.33. The first-order valence-electron chi connectivity index (χ1n) is 7.34. The van der Waals surface area contributed by atoms with Crippen LogP contribution in [0.2, 0.25) is 0 Å². The lowest BCUT2D eigenvalue weighted by molar-refractivity contribution is -0.125. The summed E-state index contributed by atoms with van der Waals surface area (Å²) in [6.07, 6.45) is 0.625. The fourth-order valence-electron chi connectivity index (χ4n) is 2.43. The molecule has 21 heavy (non-hydrogen) atoms. The van der Waals surface area contributed by atoms with Gasteiger partial charge in [-0.1, -0.05) is 37.3 Å². The van der Waals surface area contributed by atoms with E-state index < -0.39 is 5.54 Å². The number of likely N-dealkylation sites (N-methyl/N-ethyl adjacent to an activating group) is 2. The van der Waals surface area contributed by atoms with Gasteiger partial charge >= 0.3 is 0 Å². The molecule has 0 saturated heterocycles. The van der Waals surface area contributed by atoms with Crippen molar-refractivity contribution in [3.8, 4) is 0 Å². The SMILES string of the molecule is CCNC(CCN(C)CCOC)(C(N)=O)c1ccccc1. The predicted molar refractivity (Wildman–Crippen MR) is 85.0 cm³/mol. The summed E-state index contributed by atoms with van der Waals surface area (Å²) in [7, 11) is 3.70. The van der Waals surface area contributed by atoms with Gasteiger partial charge in [0.25, 0.3) is 0 Å². The number of rotatable bonds is 10. The van der Waals surface area contributed by atoms with Crippen LogP contribution in [0, 0.1) is 0 Å². The molecule has 1 aromatic rings. The van der Waals surface area contributed by atoms with Gasteiger partial charge in [0.15, 0.2) is 0 Å². The number of methoxy groups -OCH3 is 1. The molecule has 0 fully saturated rings. The van der Waals surface area contributed by atoms with Gasteiger partial charge in [0.2, 0.25) is 5.91 Å². The molecule has 0 heterocycles. The van der Waals surface area contributed by atoms with Crippen molar-refractivity contribution in [1.82, 2.24) is 10.2 Å². The second-order valence-electron chi connectivity index (χ2n) is 5.21. The van der Waals surface area contributed by atoms with E-state index >= 15 is 0 Å². The number of hydrogen-bond acceptors (Lipinski definition) is 4. The highest BCUT2D eigenvalue weighted by Crippen LogP contribution is 2.25. The van der Waals surface area contributed by atoms with E-state index in [2.05, 4.69) is 10.2 Å². The molecule has 0 aromatic heterocycles. The first kappa shape index (κ1) is 17.6. The van der Waals surface area contributed by atoms with Gasteiger partial charge in [0, 0.05) is 20.2 Å². The molecule has 1 aromatic carbocycles. The summed E-state index contributed by atoms with van der Waals surface area (Å²) in [5.41, 5.74) is 5.83. The van der Waals surface area contributed by atoms with Crippen molar-refractivity contribution in [2.75, 3.05) is 40.4 Å². The predicted octanol–water partition coefficient (Wildman–Crippen LogP) is 0.945. The van der Waals surface area contributed by atoms with E-state index in [4.69, 9.17) is 10.5 Å². The minimum atomic E-state index is -0.822. The molecule has 0 radical (unpaired) electrons. The number of ether oxygens (including phenoxy) is 1. The Morgan fingerprint density at radius 1 is 1.33 bits per heavy atom. The zero-order valence-electron chi connectivity index (χ0n) is 13.3. The van der Waals surface area contributed by atoms with Crippen LogP contribution in [-0.4, -0.2) is 51.2 Å². The van der Waals surface area contributed by atoms with E-state index in [9.17, 15) is 4.79 Å². The van der Waals surface area contributed by atoms with Gasteiger partial charge in [-0.15, -0.1) is 0 Å². The Balaban J connectivity index is 2.89. The Hall–Kier alpha value is -1.43. The molecule has 5 heteroatoms. The van der Waals surface area contributed by atoms with Crippen molar-refractivity contribution in [2.45, 2.75) is 18.9 Å². The van der Waals surface area contributed by atoms with Crippen molar-refractivity contribution < 1.29 is 9.53 Å². The largest absolute Gasteiger partial charge is 0.383 e. The highest BCUT2D eigenvalue weighted by molar-refractivity contribution is 5.86. The van der Waals surface area contributed by atoms with Gasteiger partial charge in [-0.3, -0.25) is 10.1 Å². The molecule has 0 saturated carbocycles. The van der Waals surface area contributed by atoms with Gasteiger partial charge < -0.3 is 15.4 Å². The smallest absolute Gasteiger partial charge is 0.242 e. The van der Waals surface area contributed by atoms with Crippen LogP contribution in [0.3, 0.4) is 0 Å². The van der Waals surface area contributed by atoms with Gasteiger partial charge in [0.05, 0.1) is 6.61 Å². The molecule has 1 unspecified atom stereocenters. The first-order valence-corrected chi connectivity index (χ1v) is 7.34. The van der Waals surface area contributed by atoms with E-state index in [0.29, 0.717) is 19.6 Å². The van der Waals surface area contributed by atoms with Gasteiger partial charge in [-0.2, -0.15) is 0 Å². The van der Waals surface area contributed by atoms with E-state index in [1.54, 1.807) is 7.11 Å². The third-order valence-electron chi connectivity index (χ3n) is 3.71. The highest BCUT2D eigenvalue weighted by atomic mass is 16.5. The zero-order chi connectivity index (χ0) is 15.7. The molecular weight excluding hydrogens is 266 g/mol. The molecule has 3 N–H and O–H groups in total. The third-order valence-corrected chi connectivity index (χ3v) is 3.71. The maximum Gasteiger partial charge on any atom is 0.242 e. The molecule has 0 spiro atoms. The van der Waals surface area contributed by atoms with E-state index in [1.807, 2.05) is 44.3 Å². The molecule has 1 atom stereocenters. The second-order valence-corrected chi connectivity index (χ2v) is 5.21. The van der Waals surface area contributed by atoms with Crippen LogP contribution < -0.4 is 11.1 Å². The third kappa shape index (κ3) is 4.81. The lowest BCUT2D eigenvalue weighted by Crippen LogP contribution is -2.54. The second kappa shape index (κ2) is 8.77. The van der Waals surface area contributed by atoms with Crippen molar-refractivity contribution in [1.29, 1.82) is 0 Å². The van der Waals surface area contributed by atoms with Crippen LogP contribution in [0.15, 0.2) is 30.3 Å². The normalized spacial score (nSPS) is 14.1. The summed E-state index contributed by atoms with van der Waals surface area (Å²) in [5, 5.41) is 3.29. The Bertz CT molecular complexity index is 425. The van der Waals surface area contributed by atoms with Crippen molar-refractivity contribution in [3.05, 3.63) is 35.9 Å². The minimum absolute atomic E-state index is 0.337. The average Bonchev–Trinajstić information content (AvgIpc) is 2.50. The van der Waals surface area contributed by atoms with Crippen LogP contribution in [0.4, 0.5) is 0 Å². The number of primary amides is 1. The molecule has 5 nitrogen and oxygen atoms in total. The summed E-state index contributed by atoms with van der Waals surface area (Å²) in [5.74, 6) is -0.337. The summed E-state index contributed by atoms with van der Waals surface area (Å²) in [6, 6.07) is 9.69. The van der Waals surface area contributed by atoms with E-state index in [1.165, 1.54) is 0 Å². The molecule has 0 aliphatic carbocycles. The topological polar surface area (TPSA) is 67.6 Å². The van der Waals surface area contributed by atoms with Gasteiger partial charge in [-0.05, 0) is 25.6 Å². The summed E-state index contributed by atoms with van der Waals surface area (Å²) >= 11 is 0. The van der Waals surface area contributed by atoms with Gasteiger partial charge in [0.1, 0.15) is 5.54 Å². The standard InChI is InChI=1S/C16H27N3O2/c1-4-18-16(15(17)20,14-8-6-5-7-9-14)10-11-19(2)12-13-21-3/h5-9,18H,4,10-13H2,1-3H3,(H2,17,20). The highest BCUT2D eigenvalue weighted by Gasteiger charge is 2.37. The van der Waals surface area contributed by atoms with E-state index in [-0.39, 0.29) is 5.91 Å². The van der Waals surface area contributed by atoms with Crippen LogP contribution in [0.25, 0.3) is 0 Å². The number of carbonyl (C=O) groups excluding carboxylic acids is 1. The Kier molecular flexibility index (Phi) is 7.36. The lowest BCUT2D eigenvalue weighted by atomic mass is 9.85. The maximum atomic E-state index is 12.2. The van der Waals surface area contributed by atoms with Crippen LogP contribution in [-0.2, 0) is 15.1 Å². The summed E-state index contributed by atoms with van der Waals surface area (Å²) < 4.78 is 5.08. The van der Waals surface area contributed by atoms with Crippen molar-refractivity contribution >= 4 is 5.91 Å². The molecule has 1 amide bonds. The zero-order valence-corrected chi connectivity index (χ0v) is 13.3. The Labute approximate surface area is 127 Å². The van der Waals surface area contributed by atoms with Gasteiger partial charge in [-0.25, -0.2) is 0 Å². The quantitative estimate of drug-likeness (QED) is 0.674. The molecule has 0 aliphatic rings. The van der Waals surface area contributed by atoms with Crippen molar-refractivity contribution in [2.24, 2.45) is 5.73 Å². The van der Waals surface area contributed by atoms with Crippen LogP contribution >= 0.6 is 0 Å². The van der Waals surface area contributed by atoms with Crippen LogP contribution in [0.1, 0.15) is 18.9 Å². The van der Waals surface area contributed by atoms with Crippen LogP contribution in [0.5, 0.6) is 0 Å². The fraction of sp³-hybridized carbons (Fsp3) is 0.562. The monoisotopic (exact) mass is 293 g/mol. The summed E-state index contributed by atoms with van der Waals surface area (Å²) in [6.45, 7) is 4.92. The number of benzene rings is 1. The maximum absolute atomic E-state index is 12.2. The molecular formula is C16H27N3O2. The number of hydrogen-bond donors (Lipinski definition) is 2. The number of carbonyl (C=O) groups is 1. The fourth-order valence-corrected chi connectivity index (χ4v) is 2.43. The first-order chi connectivity index (χ1) is 10.1. The molecule has 1 rings (SSSR count). The number of amides is 1. The number of nitrogens with one attached hydrogen (secondary N) is 1. The molecule has 0 aliphatic heterocycles. The number of nitrogens with two attached hydrogens (primary N) is 1. The van der Waals surface area contributed by atoms with Crippen molar-refractivity contribution in [3.63, 3.8) is 0 Å². The Morgan fingerprint density at radius 2 is 2.00 bits per heavy atom. The van der Waals surface area contributed by atoms with E-state index in [0.717, 1.165) is 18.7 Å². The Morgan fingerprint density at radius 3 is 2.52 bits per heavy atom. The minimum Gasteiger partial charge on any atom is -0.383 e. The molecule has 118 valence electrons. The summed E-state index contributed by atoms with van der Waals surface area (Å²) in [4.78, 5) is 14.3. The number of nitrogens with zero attached hydrogens (tertiary/aromatic N) is 1. The average molecular weight is 293 g/mol.